The third-order valence-corrected chi connectivity index (χ3v) is 2.59. The van der Waals surface area contributed by atoms with E-state index in [9.17, 15) is 4.79 Å². The highest BCUT2D eigenvalue weighted by molar-refractivity contribution is 5.52. The Labute approximate surface area is 62.1 Å². The molecule has 2 unspecified atom stereocenters. The predicted octanol–water partition coefficient (Wildman–Crippen LogP) is 2.20. The molecule has 2 atom stereocenters. The molecule has 0 N–H and O–H groups in total. The lowest BCUT2D eigenvalue weighted by atomic mass is 9.79. The van der Waals surface area contributed by atoms with Gasteiger partial charge in [0.2, 0.25) is 0 Å². The minimum absolute atomic E-state index is 0.685. The first-order valence-corrected chi connectivity index (χ1v) is 3.97. The van der Waals surface area contributed by atoms with Crippen molar-refractivity contribution >= 4 is 5.94 Å². The molecule has 0 bridgehead atoms. The third-order valence-electron chi connectivity index (χ3n) is 2.59. The Morgan fingerprint density at radius 3 is 2.60 bits per heavy atom. The molecule has 1 aliphatic carbocycles. The zero-order valence-electron chi connectivity index (χ0n) is 6.68. The van der Waals surface area contributed by atoms with Gasteiger partial charge in [0.1, 0.15) is 5.94 Å². The first kappa shape index (κ1) is 7.56. The maximum Gasteiger partial charge on any atom is 0.123 e. The van der Waals surface area contributed by atoms with Gasteiger partial charge >= 0.3 is 0 Å². The van der Waals surface area contributed by atoms with E-state index >= 15 is 0 Å². The summed E-state index contributed by atoms with van der Waals surface area (Å²) in [5, 5.41) is 0. The van der Waals surface area contributed by atoms with Crippen molar-refractivity contribution in [1.29, 1.82) is 0 Å². The lowest BCUT2D eigenvalue weighted by Crippen LogP contribution is -2.15. The summed E-state index contributed by atoms with van der Waals surface area (Å²) in [7, 11) is 0. The van der Waals surface area contributed by atoms with Crippen LogP contribution in [0.4, 0.5) is 0 Å². The van der Waals surface area contributed by atoms with Crippen LogP contribution in [-0.4, -0.2) is 5.94 Å². The first-order chi connectivity index (χ1) is 4.74. The fourth-order valence-electron chi connectivity index (χ4n) is 1.47. The molecule has 1 rings (SSSR count). The molecule has 0 heterocycles. The van der Waals surface area contributed by atoms with Crippen LogP contribution in [0.3, 0.4) is 0 Å². The molecular formula is C9H14O. The molecule has 0 aromatic carbocycles. The largest absolute Gasteiger partial charge is 0.234 e. The van der Waals surface area contributed by atoms with Crippen molar-refractivity contribution in [3.8, 4) is 0 Å². The van der Waals surface area contributed by atoms with Crippen LogP contribution < -0.4 is 0 Å². The summed E-state index contributed by atoms with van der Waals surface area (Å²) in [6.45, 7) is 4.47. The molecule has 1 nitrogen and oxygen atoms in total. The van der Waals surface area contributed by atoms with Crippen LogP contribution in [0.5, 0.6) is 0 Å². The molecule has 56 valence electrons. The van der Waals surface area contributed by atoms with Gasteiger partial charge in [0.15, 0.2) is 0 Å². The molecule has 0 radical (unpaired) electrons. The van der Waals surface area contributed by atoms with E-state index in [0.717, 1.165) is 24.3 Å². The Bertz CT molecular complexity index is 166. The quantitative estimate of drug-likeness (QED) is 0.469. The van der Waals surface area contributed by atoms with Crippen molar-refractivity contribution in [2.45, 2.75) is 33.1 Å². The van der Waals surface area contributed by atoms with E-state index in [1.807, 2.05) is 5.94 Å². The fraction of sp³-hybridized carbons (Fsp3) is 0.778. The lowest BCUT2D eigenvalue weighted by molar-refractivity contribution is 0.324. The van der Waals surface area contributed by atoms with Gasteiger partial charge < -0.3 is 0 Å². The van der Waals surface area contributed by atoms with Crippen molar-refractivity contribution in [2.24, 2.45) is 11.8 Å². The van der Waals surface area contributed by atoms with Gasteiger partial charge in [0, 0.05) is 5.57 Å². The van der Waals surface area contributed by atoms with Crippen LogP contribution in [0.25, 0.3) is 0 Å². The number of hydrogen-bond donors (Lipinski definition) is 0. The van der Waals surface area contributed by atoms with E-state index in [1.165, 1.54) is 6.42 Å². The topological polar surface area (TPSA) is 17.1 Å². The molecule has 1 fully saturated rings. The Balaban J connectivity index is 2.57. The molecule has 10 heavy (non-hydrogen) atoms. The van der Waals surface area contributed by atoms with Gasteiger partial charge in [-0.05, 0) is 31.1 Å². The zero-order chi connectivity index (χ0) is 7.56. The predicted molar refractivity (Wildman–Crippen MR) is 41.4 cm³/mol. The first-order valence-electron chi connectivity index (χ1n) is 3.97. The summed E-state index contributed by atoms with van der Waals surface area (Å²) in [5.41, 5.74) is 0.991. The molecule has 0 amide bonds. The van der Waals surface area contributed by atoms with Crippen molar-refractivity contribution in [3.05, 3.63) is 5.57 Å². The van der Waals surface area contributed by atoms with Gasteiger partial charge in [-0.25, -0.2) is 4.79 Å². The molecule has 1 heteroatoms. The fourth-order valence-corrected chi connectivity index (χ4v) is 1.47. The minimum Gasteiger partial charge on any atom is -0.234 e. The average molecular weight is 138 g/mol. The van der Waals surface area contributed by atoms with Gasteiger partial charge in [-0.2, -0.15) is 0 Å². The van der Waals surface area contributed by atoms with Crippen LogP contribution in [-0.2, 0) is 4.79 Å². The average Bonchev–Trinajstić information content (AvgIpc) is 1.95. The van der Waals surface area contributed by atoms with E-state index in [1.54, 1.807) is 0 Å². The lowest BCUT2D eigenvalue weighted by Gasteiger charge is -2.25. The van der Waals surface area contributed by atoms with E-state index in [4.69, 9.17) is 0 Å². The van der Waals surface area contributed by atoms with Crippen LogP contribution in [0.1, 0.15) is 33.1 Å². The molecule has 1 aliphatic rings. The molecule has 0 aliphatic heterocycles. The summed E-state index contributed by atoms with van der Waals surface area (Å²) in [6, 6.07) is 0. The van der Waals surface area contributed by atoms with Gasteiger partial charge in [0.25, 0.3) is 0 Å². The summed E-state index contributed by atoms with van der Waals surface area (Å²) in [4.78, 5) is 10.3. The summed E-state index contributed by atoms with van der Waals surface area (Å²) >= 11 is 0. The van der Waals surface area contributed by atoms with Gasteiger partial charge in [-0.3, -0.25) is 0 Å². The van der Waals surface area contributed by atoms with Crippen LogP contribution in [0.2, 0.25) is 0 Å². The number of rotatable bonds is 0. The maximum absolute atomic E-state index is 10.3. The second-order valence-electron chi connectivity index (χ2n) is 3.40. The maximum atomic E-state index is 10.3. The highest BCUT2D eigenvalue weighted by Gasteiger charge is 2.20. The number of hydrogen-bond acceptors (Lipinski definition) is 1. The van der Waals surface area contributed by atoms with Crippen molar-refractivity contribution in [1.82, 2.24) is 0 Å². The molecule has 0 spiro atoms. The molecule has 1 saturated carbocycles. The highest BCUT2D eigenvalue weighted by atomic mass is 16.1. The van der Waals surface area contributed by atoms with Crippen molar-refractivity contribution in [2.75, 3.05) is 0 Å². The molecule has 0 aromatic heterocycles. The van der Waals surface area contributed by atoms with Crippen LogP contribution in [0.15, 0.2) is 5.57 Å². The van der Waals surface area contributed by atoms with Crippen LogP contribution >= 0.6 is 0 Å². The van der Waals surface area contributed by atoms with Crippen molar-refractivity contribution < 1.29 is 4.79 Å². The van der Waals surface area contributed by atoms with E-state index < -0.39 is 0 Å². The number of carbonyl (C=O) groups excluding carboxylic acids is 1. The third kappa shape index (κ3) is 1.48. The molecule has 0 aromatic rings. The Hall–Kier alpha value is -0.550. The summed E-state index contributed by atoms with van der Waals surface area (Å²) in [5.74, 6) is 3.50. The second kappa shape index (κ2) is 3.03. The Kier molecular flexibility index (Phi) is 2.29. The van der Waals surface area contributed by atoms with Crippen molar-refractivity contribution in [3.63, 3.8) is 0 Å². The minimum atomic E-state index is 0.685. The van der Waals surface area contributed by atoms with Gasteiger partial charge in [-0.15, -0.1) is 0 Å². The zero-order valence-corrected chi connectivity index (χ0v) is 6.68. The SMILES string of the molecule is CC1CCC(=C=O)CC1C. The normalized spacial score (nSPS) is 33.6. The van der Waals surface area contributed by atoms with Gasteiger partial charge in [0.05, 0.1) is 0 Å². The van der Waals surface area contributed by atoms with E-state index in [0.29, 0.717) is 5.92 Å². The van der Waals surface area contributed by atoms with Crippen LogP contribution in [0, 0.1) is 11.8 Å². The Morgan fingerprint density at radius 1 is 1.40 bits per heavy atom. The van der Waals surface area contributed by atoms with E-state index in [-0.39, 0.29) is 0 Å². The van der Waals surface area contributed by atoms with Gasteiger partial charge in [-0.1, -0.05) is 13.8 Å². The summed E-state index contributed by atoms with van der Waals surface area (Å²) in [6.07, 6.45) is 3.13. The Morgan fingerprint density at radius 2 is 2.10 bits per heavy atom. The summed E-state index contributed by atoms with van der Waals surface area (Å²) < 4.78 is 0. The number of allylic oxidation sites excluding steroid dienone is 1. The second-order valence-corrected chi connectivity index (χ2v) is 3.40. The monoisotopic (exact) mass is 138 g/mol. The smallest absolute Gasteiger partial charge is 0.123 e. The molecule has 0 saturated heterocycles. The highest BCUT2D eigenvalue weighted by Crippen LogP contribution is 2.31. The van der Waals surface area contributed by atoms with E-state index in [2.05, 4.69) is 13.8 Å². The molecular weight excluding hydrogens is 124 g/mol. The standard InChI is InChI=1S/C9H14O/c1-7-3-4-9(6-10)5-8(7)2/h7-8H,3-5H2,1-2H3.